The molecule has 2 aromatic heterocycles. The number of thioether (sulfide) groups is 1. The van der Waals surface area contributed by atoms with Crippen molar-refractivity contribution >= 4 is 58.0 Å². The van der Waals surface area contributed by atoms with Crippen LogP contribution in [0.1, 0.15) is 5.69 Å². The number of nitrogens with one attached hydrogen (secondary N) is 2. The second-order valence-electron chi connectivity index (χ2n) is 3.67. The van der Waals surface area contributed by atoms with E-state index in [1.54, 1.807) is 18.4 Å². The van der Waals surface area contributed by atoms with Gasteiger partial charge >= 0.3 is 0 Å². The van der Waals surface area contributed by atoms with Crippen LogP contribution in [0.4, 0.5) is 0 Å². The summed E-state index contributed by atoms with van der Waals surface area (Å²) in [4.78, 5) is 9.70. The second-order valence-corrected chi connectivity index (χ2v) is 5.53. The maximum Gasteiger partial charge on any atom is 0.193 e. The summed E-state index contributed by atoms with van der Waals surface area (Å²) in [6.45, 7) is 1.60. The molecule has 0 saturated heterocycles. The molecule has 0 aliphatic heterocycles. The molecule has 0 bridgehead atoms. The van der Waals surface area contributed by atoms with Gasteiger partial charge in [-0.05, 0) is 6.26 Å². The van der Waals surface area contributed by atoms with E-state index in [0.29, 0.717) is 6.54 Å². The molecule has 2 heterocycles. The summed E-state index contributed by atoms with van der Waals surface area (Å²) in [6.07, 6.45) is 6.14. The summed E-state index contributed by atoms with van der Waals surface area (Å²) in [5.41, 5.74) is 1.02. The Morgan fingerprint density at radius 2 is 2.37 bits per heavy atom. The molecule has 5 nitrogen and oxygen atoms in total. The van der Waals surface area contributed by atoms with Crippen LogP contribution in [0.25, 0.3) is 4.96 Å². The first-order valence-corrected chi connectivity index (χ1v) is 7.95. The minimum atomic E-state index is 0. The van der Waals surface area contributed by atoms with E-state index in [0.717, 1.165) is 28.9 Å². The molecule has 2 N–H and O–H groups in total. The topological polar surface area (TPSA) is 53.7 Å². The third-order valence-corrected chi connectivity index (χ3v) is 3.79. The van der Waals surface area contributed by atoms with Gasteiger partial charge in [-0.3, -0.25) is 9.39 Å². The maximum atomic E-state index is 4.51. The summed E-state index contributed by atoms with van der Waals surface area (Å²) in [6, 6.07) is 0. The molecule has 0 atom stereocenters. The Labute approximate surface area is 138 Å². The van der Waals surface area contributed by atoms with E-state index in [4.69, 9.17) is 0 Å². The monoisotopic (exact) mass is 411 g/mol. The standard InChI is InChI=1S/C11H17N5S2.HI/c1-12-10(13-3-5-17-2)14-7-9-8-16-4-6-18-11(16)15-9;/h4,6,8H,3,5,7H2,1-2H3,(H2,12,13,14);1H. The number of fused-ring (bicyclic) bond motifs is 1. The largest absolute Gasteiger partial charge is 0.356 e. The van der Waals surface area contributed by atoms with E-state index >= 15 is 0 Å². The SMILES string of the molecule is CN=C(NCCSC)NCc1cn2ccsc2n1.I. The van der Waals surface area contributed by atoms with Crippen LogP contribution < -0.4 is 10.6 Å². The number of imidazole rings is 1. The molecule has 19 heavy (non-hydrogen) atoms. The number of halogens is 1. The highest BCUT2D eigenvalue weighted by Gasteiger charge is 2.03. The first kappa shape index (κ1) is 16.6. The molecular formula is C11H18IN5S2. The van der Waals surface area contributed by atoms with Gasteiger partial charge in [0, 0.05) is 37.1 Å². The molecule has 0 radical (unpaired) electrons. The second kappa shape index (κ2) is 8.64. The fourth-order valence-corrected chi connectivity index (χ4v) is 2.55. The molecule has 8 heteroatoms. The van der Waals surface area contributed by atoms with Crippen LogP contribution in [0, 0.1) is 0 Å². The smallest absolute Gasteiger partial charge is 0.193 e. The van der Waals surface area contributed by atoms with Crippen LogP contribution in [-0.2, 0) is 6.54 Å². The Balaban J connectivity index is 0.00000180. The summed E-state index contributed by atoms with van der Waals surface area (Å²) in [5.74, 6) is 1.89. The molecule has 0 aliphatic rings. The summed E-state index contributed by atoms with van der Waals surface area (Å²) in [7, 11) is 1.78. The lowest BCUT2D eigenvalue weighted by atomic mass is 10.5. The lowest BCUT2D eigenvalue weighted by molar-refractivity contribution is 0.818. The molecule has 0 amide bonds. The Kier molecular flexibility index (Phi) is 7.54. The van der Waals surface area contributed by atoms with Crippen LogP contribution in [0.5, 0.6) is 0 Å². The van der Waals surface area contributed by atoms with Crippen molar-refractivity contribution in [2.24, 2.45) is 4.99 Å². The highest BCUT2D eigenvalue weighted by atomic mass is 127. The van der Waals surface area contributed by atoms with Crippen LogP contribution in [-0.4, -0.2) is 40.9 Å². The van der Waals surface area contributed by atoms with Gasteiger partial charge in [0.1, 0.15) is 0 Å². The molecule has 0 aromatic carbocycles. The molecule has 106 valence electrons. The van der Waals surface area contributed by atoms with Gasteiger partial charge in [0.2, 0.25) is 0 Å². The minimum Gasteiger partial charge on any atom is -0.356 e. The van der Waals surface area contributed by atoms with E-state index in [1.807, 2.05) is 33.9 Å². The van der Waals surface area contributed by atoms with Crippen molar-refractivity contribution in [2.45, 2.75) is 6.54 Å². The van der Waals surface area contributed by atoms with Crippen LogP contribution in [0.2, 0.25) is 0 Å². The fourth-order valence-electron chi connectivity index (χ4n) is 1.53. The van der Waals surface area contributed by atoms with E-state index < -0.39 is 0 Å². The third kappa shape index (κ3) is 4.84. The number of thiazole rings is 1. The predicted octanol–water partition coefficient (Wildman–Crippen LogP) is 2.04. The number of rotatable bonds is 5. The average molecular weight is 411 g/mol. The molecule has 2 aromatic rings. The Bertz CT molecular complexity index is 493. The zero-order valence-electron chi connectivity index (χ0n) is 10.9. The molecule has 0 aliphatic carbocycles. The highest BCUT2D eigenvalue weighted by Crippen LogP contribution is 2.10. The molecule has 0 unspecified atom stereocenters. The van der Waals surface area contributed by atoms with Crippen molar-refractivity contribution in [3.63, 3.8) is 0 Å². The van der Waals surface area contributed by atoms with Gasteiger partial charge in [-0.2, -0.15) is 11.8 Å². The van der Waals surface area contributed by atoms with Gasteiger partial charge in [-0.15, -0.1) is 35.3 Å². The average Bonchev–Trinajstić information content (AvgIpc) is 2.94. The minimum absolute atomic E-state index is 0. The van der Waals surface area contributed by atoms with Gasteiger partial charge in [-0.25, -0.2) is 4.98 Å². The van der Waals surface area contributed by atoms with Crippen molar-refractivity contribution < 1.29 is 0 Å². The normalized spacial score (nSPS) is 11.4. The summed E-state index contributed by atoms with van der Waals surface area (Å²) < 4.78 is 2.03. The third-order valence-electron chi connectivity index (χ3n) is 2.40. The summed E-state index contributed by atoms with van der Waals surface area (Å²) >= 11 is 3.45. The van der Waals surface area contributed by atoms with Gasteiger partial charge in [-0.1, -0.05) is 0 Å². The van der Waals surface area contributed by atoms with E-state index in [1.165, 1.54) is 0 Å². The van der Waals surface area contributed by atoms with Crippen LogP contribution in [0.3, 0.4) is 0 Å². The number of nitrogens with zero attached hydrogens (tertiary/aromatic N) is 3. The lowest BCUT2D eigenvalue weighted by Gasteiger charge is -2.09. The van der Waals surface area contributed by atoms with Crippen molar-refractivity contribution in [1.29, 1.82) is 0 Å². The van der Waals surface area contributed by atoms with Gasteiger partial charge in [0.05, 0.1) is 12.2 Å². The molecule has 0 fully saturated rings. The fraction of sp³-hybridized carbons (Fsp3) is 0.455. The number of hydrogen-bond donors (Lipinski definition) is 2. The van der Waals surface area contributed by atoms with Crippen molar-refractivity contribution in [3.05, 3.63) is 23.5 Å². The van der Waals surface area contributed by atoms with Crippen molar-refractivity contribution in [1.82, 2.24) is 20.0 Å². The maximum absolute atomic E-state index is 4.51. The van der Waals surface area contributed by atoms with E-state index in [-0.39, 0.29) is 24.0 Å². The van der Waals surface area contributed by atoms with E-state index in [2.05, 4.69) is 26.9 Å². The zero-order chi connectivity index (χ0) is 12.8. The van der Waals surface area contributed by atoms with Crippen molar-refractivity contribution in [2.75, 3.05) is 25.6 Å². The molecule has 0 spiro atoms. The summed E-state index contributed by atoms with van der Waals surface area (Å²) in [5, 5.41) is 8.54. The lowest BCUT2D eigenvalue weighted by Crippen LogP contribution is -2.38. The molecular weight excluding hydrogens is 393 g/mol. The van der Waals surface area contributed by atoms with Gasteiger partial charge in [0.25, 0.3) is 0 Å². The predicted molar refractivity (Wildman–Crippen MR) is 95.1 cm³/mol. The quantitative estimate of drug-likeness (QED) is 0.342. The van der Waals surface area contributed by atoms with Gasteiger partial charge < -0.3 is 10.6 Å². The Morgan fingerprint density at radius 1 is 1.53 bits per heavy atom. The zero-order valence-corrected chi connectivity index (χ0v) is 14.9. The van der Waals surface area contributed by atoms with Crippen LogP contribution in [0.15, 0.2) is 22.8 Å². The van der Waals surface area contributed by atoms with Crippen LogP contribution >= 0.6 is 47.1 Å². The first-order chi connectivity index (χ1) is 8.83. The Morgan fingerprint density at radius 3 is 3.05 bits per heavy atom. The first-order valence-electron chi connectivity index (χ1n) is 5.68. The molecule has 2 rings (SSSR count). The number of aliphatic imine (C=N–C) groups is 1. The van der Waals surface area contributed by atoms with Gasteiger partial charge in [0.15, 0.2) is 10.9 Å². The number of aromatic nitrogens is 2. The highest BCUT2D eigenvalue weighted by molar-refractivity contribution is 14.0. The van der Waals surface area contributed by atoms with E-state index in [9.17, 15) is 0 Å². The molecule has 0 saturated carbocycles. The Hall–Kier alpha value is -0.480. The number of hydrogen-bond acceptors (Lipinski definition) is 4. The van der Waals surface area contributed by atoms with Crippen molar-refractivity contribution in [3.8, 4) is 0 Å². The number of guanidine groups is 1.